The van der Waals surface area contributed by atoms with Gasteiger partial charge in [-0.1, -0.05) is 12.1 Å². The monoisotopic (exact) mass is 612 g/mol. The van der Waals surface area contributed by atoms with Crippen molar-refractivity contribution in [2.24, 2.45) is 0 Å². The van der Waals surface area contributed by atoms with Gasteiger partial charge in [0.2, 0.25) is 0 Å². The molecule has 7 nitrogen and oxygen atoms in total. The van der Waals surface area contributed by atoms with Gasteiger partial charge in [-0.15, -0.1) is 0 Å². The van der Waals surface area contributed by atoms with Gasteiger partial charge in [-0.05, 0) is 84.3 Å². The van der Waals surface area contributed by atoms with E-state index in [1.54, 1.807) is 44.2 Å². The zero-order chi connectivity index (χ0) is 31.2. The predicted molar refractivity (Wildman–Crippen MR) is 155 cm³/mol. The molecule has 44 heavy (non-hydrogen) atoms. The van der Waals surface area contributed by atoms with E-state index in [1.807, 2.05) is 0 Å². The molecule has 3 aromatic carbocycles. The molecule has 1 aliphatic carbocycles. The predicted octanol–water partition coefficient (Wildman–Crippen LogP) is 6.93. The standard InChI is InChI=1S/C34H35F3O7/c1-19-13-23(43-18-33(40)9-11-41-12-10-33)14-20(2)31(19)32-26-6-8-28(25(26)5-7-27(32)34(35,36)37)44-22-3-4-24-21(15-30(38)39)17-42-29(24)16-22/h3-5,7,13-14,16,21,28,40H,6,8-12,15,17-18H2,1-2H3,(H,38,39)/t21?,28-/m1/s1. The van der Waals surface area contributed by atoms with Crippen LogP contribution in [-0.2, 0) is 22.1 Å². The maximum Gasteiger partial charge on any atom is 0.417 e. The number of hydrogen-bond donors (Lipinski definition) is 2. The Hall–Kier alpha value is -3.76. The number of aliphatic hydroxyl groups is 1. The molecule has 2 heterocycles. The van der Waals surface area contributed by atoms with Crippen LogP contribution in [0.25, 0.3) is 11.1 Å². The third-order valence-corrected chi connectivity index (χ3v) is 8.91. The second-order valence-electron chi connectivity index (χ2n) is 12.1. The van der Waals surface area contributed by atoms with Gasteiger partial charge in [-0.3, -0.25) is 4.79 Å². The number of fused-ring (bicyclic) bond motifs is 2. The summed E-state index contributed by atoms with van der Waals surface area (Å²) in [4.78, 5) is 11.2. The van der Waals surface area contributed by atoms with Gasteiger partial charge in [0.1, 0.15) is 35.6 Å². The minimum atomic E-state index is -4.56. The van der Waals surface area contributed by atoms with E-state index in [9.17, 15) is 28.2 Å². The number of halogens is 3. The number of benzene rings is 3. The lowest BCUT2D eigenvalue weighted by atomic mass is 9.86. The van der Waals surface area contributed by atoms with Gasteiger partial charge in [0.15, 0.2) is 0 Å². The summed E-state index contributed by atoms with van der Waals surface area (Å²) in [5.74, 6) is 0.443. The van der Waals surface area contributed by atoms with E-state index in [0.717, 1.165) is 11.6 Å². The molecule has 2 N–H and O–H groups in total. The first-order chi connectivity index (χ1) is 20.9. The van der Waals surface area contributed by atoms with Crippen LogP contribution in [0.3, 0.4) is 0 Å². The molecule has 6 rings (SSSR count). The highest BCUT2D eigenvalue weighted by Gasteiger charge is 2.39. The number of ether oxygens (including phenoxy) is 4. The first-order valence-corrected chi connectivity index (χ1v) is 14.8. The number of aliphatic carboxylic acids is 1. The van der Waals surface area contributed by atoms with E-state index in [-0.39, 0.29) is 31.1 Å². The highest BCUT2D eigenvalue weighted by molar-refractivity contribution is 5.80. The van der Waals surface area contributed by atoms with Crippen molar-refractivity contribution < 1.29 is 47.1 Å². The van der Waals surface area contributed by atoms with Crippen molar-refractivity contribution in [3.63, 3.8) is 0 Å². The SMILES string of the molecule is Cc1cc(OCC2(O)CCOCC2)cc(C)c1-c1c(C(F)(F)F)ccc2c1CC[C@H]2Oc1ccc2c(c1)OCC2CC(=O)O. The highest BCUT2D eigenvalue weighted by Crippen LogP contribution is 2.49. The summed E-state index contributed by atoms with van der Waals surface area (Å²) in [5, 5.41) is 20.0. The number of rotatable bonds is 8. The summed E-state index contributed by atoms with van der Waals surface area (Å²) in [6, 6.07) is 11.4. The van der Waals surface area contributed by atoms with Crippen LogP contribution in [0.2, 0.25) is 0 Å². The van der Waals surface area contributed by atoms with Gasteiger partial charge in [0, 0.05) is 43.6 Å². The quantitative estimate of drug-likeness (QED) is 0.285. The van der Waals surface area contributed by atoms with Crippen LogP contribution in [0.5, 0.6) is 17.2 Å². The number of carbonyl (C=O) groups is 1. The number of carboxylic acids is 1. The number of carboxylic acid groups (broad SMARTS) is 1. The molecule has 0 spiro atoms. The Labute approximate surface area is 253 Å². The fourth-order valence-electron chi connectivity index (χ4n) is 6.70. The topological polar surface area (TPSA) is 94.5 Å². The van der Waals surface area contributed by atoms with E-state index < -0.39 is 29.4 Å². The van der Waals surface area contributed by atoms with Crippen molar-refractivity contribution in [3.05, 3.63) is 75.8 Å². The first kappa shape index (κ1) is 30.3. The van der Waals surface area contributed by atoms with Gasteiger partial charge in [0.05, 0.1) is 18.6 Å². The van der Waals surface area contributed by atoms with Crippen LogP contribution < -0.4 is 14.2 Å². The molecule has 0 amide bonds. The Morgan fingerprint density at radius 2 is 1.70 bits per heavy atom. The Kier molecular flexibility index (Phi) is 8.00. The molecule has 1 saturated heterocycles. The third-order valence-electron chi connectivity index (χ3n) is 8.91. The summed E-state index contributed by atoms with van der Waals surface area (Å²) in [7, 11) is 0. The Bertz CT molecular complexity index is 1550. The number of hydrogen-bond acceptors (Lipinski definition) is 6. The number of aryl methyl sites for hydroxylation is 2. The summed E-state index contributed by atoms with van der Waals surface area (Å²) in [6.45, 7) is 4.82. The molecule has 3 aliphatic rings. The molecule has 0 radical (unpaired) electrons. The van der Waals surface area contributed by atoms with Gasteiger partial charge < -0.3 is 29.2 Å². The Balaban J connectivity index is 1.30. The normalized spacial score (nSPS) is 20.5. The van der Waals surface area contributed by atoms with Crippen molar-refractivity contribution in [3.8, 4) is 28.4 Å². The minimum absolute atomic E-state index is 0.0307. The zero-order valence-electron chi connectivity index (χ0n) is 24.6. The second kappa shape index (κ2) is 11.6. The molecule has 0 aromatic heterocycles. The molecule has 0 bridgehead atoms. The summed E-state index contributed by atoms with van der Waals surface area (Å²) >= 11 is 0. The summed E-state index contributed by atoms with van der Waals surface area (Å²) in [6.07, 6.45) is -3.21. The molecule has 2 aliphatic heterocycles. The molecule has 1 fully saturated rings. The Morgan fingerprint density at radius 1 is 1.00 bits per heavy atom. The third kappa shape index (κ3) is 5.97. The lowest BCUT2D eigenvalue weighted by Gasteiger charge is -2.31. The molecule has 234 valence electrons. The van der Waals surface area contributed by atoms with E-state index >= 15 is 0 Å². The highest BCUT2D eigenvalue weighted by atomic mass is 19.4. The van der Waals surface area contributed by atoms with Gasteiger partial charge in [-0.2, -0.15) is 13.2 Å². The van der Waals surface area contributed by atoms with Crippen LogP contribution in [0.4, 0.5) is 13.2 Å². The average molecular weight is 613 g/mol. The fourth-order valence-corrected chi connectivity index (χ4v) is 6.70. The van der Waals surface area contributed by atoms with E-state index in [1.165, 1.54) is 6.07 Å². The number of alkyl halides is 3. The first-order valence-electron chi connectivity index (χ1n) is 14.8. The molecule has 0 saturated carbocycles. The minimum Gasteiger partial charge on any atom is -0.492 e. The van der Waals surface area contributed by atoms with Crippen molar-refractivity contribution >= 4 is 5.97 Å². The molecule has 1 unspecified atom stereocenters. The second-order valence-corrected chi connectivity index (χ2v) is 12.1. The maximum atomic E-state index is 14.5. The molecular weight excluding hydrogens is 577 g/mol. The van der Waals surface area contributed by atoms with Crippen LogP contribution in [0.15, 0.2) is 42.5 Å². The zero-order valence-corrected chi connectivity index (χ0v) is 24.6. The van der Waals surface area contributed by atoms with Gasteiger partial charge in [0.25, 0.3) is 0 Å². The fraction of sp³-hybridized carbons (Fsp3) is 0.441. The molecule has 3 aromatic rings. The van der Waals surface area contributed by atoms with Crippen molar-refractivity contribution in [1.29, 1.82) is 0 Å². The van der Waals surface area contributed by atoms with Crippen LogP contribution >= 0.6 is 0 Å². The maximum absolute atomic E-state index is 14.5. The summed E-state index contributed by atoms with van der Waals surface area (Å²) < 4.78 is 66.6. The van der Waals surface area contributed by atoms with Gasteiger partial charge in [-0.25, -0.2) is 0 Å². The lowest BCUT2D eigenvalue weighted by molar-refractivity contribution is -0.138. The molecule has 10 heteroatoms. The van der Waals surface area contributed by atoms with Crippen molar-refractivity contribution in [2.75, 3.05) is 26.4 Å². The van der Waals surface area contributed by atoms with E-state index in [0.29, 0.717) is 84.0 Å². The van der Waals surface area contributed by atoms with Crippen molar-refractivity contribution in [2.45, 2.75) is 69.8 Å². The molecular formula is C34H35F3O7. The lowest BCUT2D eigenvalue weighted by Crippen LogP contribution is -2.41. The largest absolute Gasteiger partial charge is 0.492 e. The van der Waals surface area contributed by atoms with Crippen LogP contribution in [0, 0.1) is 13.8 Å². The van der Waals surface area contributed by atoms with E-state index in [4.69, 9.17) is 18.9 Å². The Morgan fingerprint density at radius 3 is 2.39 bits per heavy atom. The smallest absolute Gasteiger partial charge is 0.417 e. The van der Waals surface area contributed by atoms with Crippen LogP contribution in [-0.4, -0.2) is 48.2 Å². The van der Waals surface area contributed by atoms with E-state index in [2.05, 4.69) is 0 Å². The van der Waals surface area contributed by atoms with Crippen LogP contribution in [0.1, 0.15) is 71.1 Å². The van der Waals surface area contributed by atoms with Gasteiger partial charge >= 0.3 is 12.1 Å². The van der Waals surface area contributed by atoms with Crippen molar-refractivity contribution in [1.82, 2.24) is 0 Å². The summed E-state index contributed by atoms with van der Waals surface area (Å²) in [5.41, 5.74) is 2.42. The average Bonchev–Trinajstić information content (AvgIpc) is 3.55. The molecule has 2 atom stereocenters.